The zero-order valence-corrected chi connectivity index (χ0v) is 11.9. The average Bonchev–Trinajstić information content (AvgIpc) is 2.89. The third-order valence-electron chi connectivity index (χ3n) is 3.96. The molecule has 1 aliphatic rings. The molecule has 1 unspecified atom stereocenters. The van der Waals surface area contributed by atoms with Gasteiger partial charge < -0.3 is 9.42 Å². The van der Waals surface area contributed by atoms with Crippen molar-refractivity contribution < 1.29 is 9.32 Å². The summed E-state index contributed by atoms with van der Waals surface area (Å²) in [6.45, 7) is 1.55. The first-order chi connectivity index (χ1) is 10.3. The van der Waals surface area contributed by atoms with Crippen molar-refractivity contribution in [1.82, 2.24) is 10.1 Å². The van der Waals surface area contributed by atoms with Crippen LogP contribution in [0.15, 0.2) is 47.2 Å². The van der Waals surface area contributed by atoms with Crippen LogP contribution in [0.25, 0.3) is 0 Å². The van der Waals surface area contributed by atoms with E-state index in [1.54, 1.807) is 6.07 Å². The molecule has 3 rings (SSSR count). The van der Waals surface area contributed by atoms with E-state index in [-0.39, 0.29) is 6.03 Å². The largest absolute Gasteiger partial charge is 0.363 e. The molecular weight excluding hydrogens is 266 g/mol. The number of hydrogen-bond acceptors (Lipinski definition) is 3. The van der Waals surface area contributed by atoms with Crippen molar-refractivity contribution in [3.05, 3.63) is 48.2 Å². The molecule has 1 aromatic heterocycles. The Morgan fingerprint density at radius 2 is 2.05 bits per heavy atom. The highest BCUT2D eigenvalue weighted by Crippen LogP contribution is 2.27. The highest BCUT2D eigenvalue weighted by Gasteiger charge is 2.21. The number of hydrogen-bond donors (Lipinski definition) is 1. The van der Waals surface area contributed by atoms with Crippen molar-refractivity contribution in [2.24, 2.45) is 0 Å². The summed E-state index contributed by atoms with van der Waals surface area (Å²) >= 11 is 0. The van der Waals surface area contributed by atoms with E-state index in [9.17, 15) is 4.79 Å². The predicted molar refractivity (Wildman–Crippen MR) is 80.1 cm³/mol. The molecule has 5 heteroatoms. The first kappa shape index (κ1) is 13.7. The van der Waals surface area contributed by atoms with Crippen molar-refractivity contribution >= 4 is 11.8 Å². The molecule has 0 radical (unpaired) electrons. The van der Waals surface area contributed by atoms with Gasteiger partial charge in [-0.15, -0.1) is 0 Å². The zero-order chi connectivity index (χ0) is 14.5. The maximum Gasteiger partial charge on any atom is 0.323 e. The van der Waals surface area contributed by atoms with E-state index < -0.39 is 0 Å². The van der Waals surface area contributed by atoms with E-state index >= 15 is 0 Å². The van der Waals surface area contributed by atoms with Gasteiger partial charge in [-0.1, -0.05) is 35.5 Å². The van der Waals surface area contributed by atoms with Crippen LogP contribution in [-0.4, -0.2) is 29.2 Å². The second kappa shape index (κ2) is 6.43. The Balaban J connectivity index is 1.59. The number of urea groups is 1. The van der Waals surface area contributed by atoms with Crippen molar-refractivity contribution in [3.63, 3.8) is 0 Å². The van der Waals surface area contributed by atoms with E-state index in [4.69, 9.17) is 4.52 Å². The summed E-state index contributed by atoms with van der Waals surface area (Å²) in [5.41, 5.74) is 1.37. The third kappa shape index (κ3) is 3.42. The second-order valence-electron chi connectivity index (χ2n) is 5.34. The number of rotatable bonds is 2. The van der Waals surface area contributed by atoms with Gasteiger partial charge in [0.25, 0.3) is 0 Å². The minimum absolute atomic E-state index is 0.0994. The lowest BCUT2D eigenvalue weighted by atomic mass is 9.92. The van der Waals surface area contributed by atoms with Crippen LogP contribution in [0, 0.1) is 0 Å². The molecule has 0 aliphatic carbocycles. The molecule has 0 saturated carbocycles. The maximum atomic E-state index is 12.2. The molecule has 2 heterocycles. The van der Waals surface area contributed by atoms with Crippen LogP contribution in [0.3, 0.4) is 0 Å². The molecule has 0 spiro atoms. The normalized spacial score (nSPS) is 19.0. The first-order valence-electron chi connectivity index (χ1n) is 7.34. The van der Waals surface area contributed by atoms with Gasteiger partial charge in [-0.2, -0.15) is 0 Å². The van der Waals surface area contributed by atoms with Gasteiger partial charge in [0, 0.05) is 19.2 Å². The van der Waals surface area contributed by atoms with Gasteiger partial charge in [-0.25, -0.2) is 4.79 Å². The lowest BCUT2D eigenvalue weighted by molar-refractivity contribution is 0.213. The number of nitrogens with zero attached hydrogens (tertiary/aromatic N) is 2. The van der Waals surface area contributed by atoms with Gasteiger partial charge in [0.15, 0.2) is 5.82 Å². The monoisotopic (exact) mass is 285 g/mol. The summed E-state index contributed by atoms with van der Waals surface area (Å²) in [5.74, 6) is 1.000. The molecule has 1 fully saturated rings. The van der Waals surface area contributed by atoms with Gasteiger partial charge in [0.05, 0.1) is 0 Å². The third-order valence-corrected chi connectivity index (χ3v) is 3.96. The Morgan fingerprint density at radius 3 is 2.81 bits per heavy atom. The molecule has 1 atom stereocenters. The molecule has 110 valence electrons. The smallest absolute Gasteiger partial charge is 0.323 e. The summed E-state index contributed by atoms with van der Waals surface area (Å²) in [7, 11) is 0. The Hall–Kier alpha value is -2.30. The SMILES string of the molecule is O=C(Nc1ccon1)N1CCCC(c2ccccc2)CC1. The Kier molecular flexibility index (Phi) is 4.19. The molecule has 21 heavy (non-hydrogen) atoms. The zero-order valence-electron chi connectivity index (χ0n) is 11.9. The highest BCUT2D eigenvalue weighted by atomic mass is 16.5. The summed E-state index contributed by atoms with van der Waals surface area (Å²) in [5, 5.41) is 6.46. The van der Waals surface area contributed by atoms with E-state index in [2.05, 4.69) is 34.7 Å². The van der Waals surface area contributed by atoms with Gasteiger partial charge in [-0.05, 0) is 30.7 Å². The van der Waals surface area contributed by atoms with Crippen molar-refractivity contribution in [1.29, 1.82) is 0 Å². The van der Waals surface area contributed by atoms with E-state index in [0.717, 1.165) is 32.4 Å². The fourth-order valence-electron chi connectivity index (χ4n) is 2.82. The van der Waals surface area contributed by atoms with Crippen molar-refractivity contribution in [3.8, 4) is 0 Å². The predicted octanol–water partition coefficient (Wildman–Crippen LogP) is 3.48. The first-order valence-corrected chi connectivity index (χ1v) is 7.34. The summed E-state index contributed by atoms with van der Waals surface area (Å²) in [6.07, 6.45) is 4.59. The van der Waals surface area contributed by atoms with Crippen LogP contribution in [-0.2, 0) is 0 Å². The summed E-state index contributed by atoms with van der Waals surface area (Å²) in [6, 6.07) is 12.1. The van der Waals surface area contributed by atoms with Gasteiger partial charge in [0.1, 0.15) is 6.26 Å². The van der Waals surface area contributed by atoms with E-state index in [1.165, 1.54) is 11.8 Å². The fourth-order valence-corrected chi connectivity index (χ4v) is 2.82. The number of amides is 2. The fraction of sp³-hybridized carbons (Fsp3) is 0.375. The van der Waals surface area contributed by atoms with Crippen LogP contribution in [0.2, 0.25) is 0 Å². The summed E-state index contributed by atoms with van der Waals surface area (Å²) in [4.78, 5) is 14.1. The number of carbonyl (C=O) groups is 1. The minimum atomic E-state index is -0.0994. The van der Waals surface area contributed by atoms with Crippen LogP contribution in [0.5, 0.6) is 0 Å². The lowest BCUT2D eigenvalue weighted by Crippen LogP contribution is -2.35. The molecular formula is C16H19N3O2. The Labute approximate surface area is 123 Å². The lowest BCUT2D eigenvalue weighted by Gasteiger charge is -2.20. The van der Waals surface area contributed by atoms with Gasteiger partial charge in [0.2, 0.25) is 0 Å². The van der Waals surface area contributed by atoms with Crippen LogP contribution >= 0.6 is 0 Å². The minimum Gasteiger partial charge on any atom is -0.363 e. The molecule has 1 aliphatic heterocycles. The average molecular weight is 285 g/mol. The molecule has 1 saturated heterocycles. The topological polar surface area (TPSA) is 58.4 Å². The van der Waals surface area contributed by atoms with Crippen LogP contribution in [0.4, 0.5) is 10.6 Å². The number of aromatic nitrogens is 1. The van der Waals surface area contributed by atoms with E-state index in [0.29, 0.717) is 11.7 Å². The van der Waals surface area contributed by atoms with Crippen molar-refractivity contribution in [2.75, 3.05) is 18.4 Å². The molecule has 0 bridgehead atoms. The second-order valence-corrected chi connectivity index (χ2v) is 5.34. The van der Waals surface area contributed by atoms with Crippen LogP contribution < -0.4 is 5.32 Å². The van der Waals surface area contributed by atoms with Crippen LogP contribution in [0.1, 0.15) is 30.7 Å². The quantitative estimate of drug-likeness (QED) is 0.919. The van der Waals surface area contributed by atoms with Gasteiger partial charge >= 0.3 is 6.03 Å². The molecule has 1 aromatic carbocycles. The van der Waals surface area contributed by atoms with Crippen molar-refractivity contribution in [2.45, 2.75) is 25.2 Å². The highest BCUT2D eigenvalue weighted by molar-refractivity contribution is 5.88. The maximum absolute atomic E-state index is 12.2. The Morgan fingerprint density at radius 1 is 1.19 bits per heavy atom. The standard InChI is InChI=1S/C16H19N3O2/c20-16(17-15-9-12-21-18-15)19-10-4-7-14(8-11-19)13-5-2-1-3-6-13/h1-3,5-6,9,12,14H,4,7-8,10-11H2,(H,17,18,20). The number of likely N-dealkylation sites (tertiary alicyclic amines) is 1. The molecule has 1 N–H and O–H groups in total. The molecule has 2 amide bonds. The van der Waals surface area contributed by atoms with E-state index in [1.807, 2.05) is 11.0 Å². The number of nitrogens with one attached hydrogen (secondary N) is 1. The van der Waals surface area contributed by atoms with Gasteiger partial charge in [-0.3, -0.25) is 5.32 Å². The Bertz CT molecular complexity index is 568. The number of benzene rings is 1. The molecule has 2 aromatic rings. The number of anilines is 1. The summed E-state index contributed by atoms with van der Waals surface area (Å²) < 4.78 is 4.72. The molecule has 5 nitrogen and oxygen atoms in total. The number of carbonyl (C=O) groups excluding carboxylic acids is 1.